The number of carbonyl (C=O) groups is 2. The maximum Gasteiger partial charge on any atom is 0.254 e. The predicted molar refractivity (Wildman–Crippen MR) is 117 cm³/mol. The van der Waals surface area contributed by atoms with E-state index in [-0.39, 0.29) is 18.4 Å². The molecular formula is C23H28N4O4. The van der Waals surface area contributed by atoms with E-state index >= 15 is 0 Å². The van der Waals surface area contributed by atoms with Crippen LogP contribution in [-0.4, -0.2) is 60.0 Å². The number of rotatable bonds is 10. The van der Waals surface area contributed by atoms with Crippen LogP contribution in [-0.2, 0) is 16.1 Å². The summed E-state index contributed by atoms with van der Waals surface area (Å²) in [7, 11) is 3.22. The minimum Gasteiger partial charge on any atom is -0.487 e. The van der Waals surface area contributed by atoms with Gasteiger partial charge in [0.1, 0.15) is 18.0 Å². The van der Waals surface area contributed by atoms with Gasteiger partial charge in [-0.15, -0.1) is 0 Å². The van der Waals surface area contributed by atoms with Gasteiger partial charge in [-0.2, -0.15) is 0 Å². The van der Waals surface area contributed by atoms with E-state index in [9.17, 15) is 9.59 Å². The lowest BCUT2D eigenvalue weighted by molar-refractivity contribution is -0.121. The third kappa shape index (κ3) is 6.29. The summed E-state index contributed by atoms with van der Waals surface area (Å²) in [6.07, 6.45) is 4.69. The molecule has 31 heavy (non-hydrogen) atoms. The van der Waals surface area contributed by atoms with Crippen molar-refractivity contribution in [1.29, 1.82) is 0 Å². The summed E-state index contributed by atoms with van der Waals surface area (Å²) in [6, 6.07) is 10.9. The van der Waals surface area contributed by atoms with E-state index in [0.717, 1.165) is 23.3 Å². The van der Waals surface area contributed by atoms with Crippen molar-refractivity contribution in [3.63, 3.8) is 0 Å². The lowest BCUT2D eigenvalue weighted by atomic mass is 10.2. The first kappa shape index (κ1) is 22.3. The second kappa shape index (κ2) is 10.6. The molecule has 2 aromatic heterocycles. The van der Waals surface area contributed by atoms with Crippen LogP contribution in [0.4, 0.5) is 0 Å². The Morgan fingerprint density at radius 2 is 1.90 bits per heavy atom. The van der Waals surface area contributed by atoms with Crippen LogP contribution in [0.1, 0.15) is 28.0 Å². The van der Waals surface area contributed by atoms with Crippen LogP contribution in [0.5, 0.6) is 5.75 Å². The maximum atomic E-state index is 12.5. The number of hydrogen-bond donors (Lipinski definition) is 1. The number of benzene rings is 1. The fraction of sp³-hybridized carbons (Fsp3) is 0.348. The SMILES string of the molecule is COCCCNC(=O)CN(C)C(=O)c1ccc(OCc2cn3cc(C)ccc3n2)cc1. The summed E-state index contributed by atoms with van der Waals surface area (Å²) in [4.78, 5) is 30.4. The van der Waals surface area contributed by atoms with Crippen molar-refractivity contribution in [3.8, 4) is 5.75 Å². The number of ether oxygens (including phenoxy) is 2. The Morgan fingerprint density at radius 3 is 2.65 bits per heavy atom. The standard InChI is InChI=1S/C23H28N4O4/c1-17-5-10-21-25-19(14-27(21)13-17)16-31-20-8-6-18(7-9-20)23(29)26(2)15-22(28)24-11-4-12-30-3/h5-10,13-14H,4,11-12,15-16H2,1-3H3,(H,24,28). The maximum absolute atomic E-state index is 12.5. The Hall–Kier alpha value is -3.39. The second-order valence-electron chi connectivity index (χ2n) is 7.37. The molecule has 2 amide bonds. The average molecular weight is 425 g/mol. The first-order chi connectivity index (χ1) is 15.0. The summed E-state index contributed by atoms with van der Waals surface area (Å²) >= 11 is 0. The smallest absolute Gasteiger partial charge is 0.254 e. The minimum atomic E-state index is -0.227. The number of amides is 2. The first-order valence-electron chi connectivity index (χ1n) is 10.1. The van der Waals surface area contributed by atoms with Gasteiger partial charge in [0.05, 0.1) is 12.2 Å². The van der Waals surface area contributed by atoms with Gasteiger partial charge >= 0.3 is 0 Å². The highest BCUT2D eigenvalue weighted by Crippen LogP contribution is 2.16. The van der Waals surface area contributed by atoms with Crippen molar-refractivity contribution >= 4 is 17.5 Å². The molecule has 0 radical (unpaired) electrons. The van der Waals surface area contributed by atoms with Gasteiger partial charge in [0.15, 0.2) is 0 Å². The van der Waals surface area contributed by atoms with E-state index in [2.05, 4.69) is 10.3 Å². The Morgan fingerprint density at radius 1 is 1.13 bits per heavy atom. The fourth-order valence-electron chi connectivity index (χ4n) is 3.08. The van der Waals surface area contributed by atoms with E-state index in [1.807, 2.05) is 35.9 Å². The molecule has 8 heteroatoms. The summed E-state index contributed by atoms with van der Waals surface area (Å²) in [5.74, 6) is 0.215. The molecule has 164 valence electrons. The highest BCUT2D eigenvalue weighted by Gasteiger charge is 2.15. The van der Waals surface area contributed by atoms with Gasteiger partial charge in [0, 0.05) is 45.3 Å². The van der Waals surface area contributed by atoms with Gasteiger partial charge in [-0.1, -0.05) is 6.07 Å². The fourth-order valence-corrected chi connectivity index (χ4v) is 3.08. The average Bonchev–Trinajstić information content (AvgIpc) is 3.17. The number of carbonyl (C=O) groups excluding carboxylic acids is 2. The van der Waals surface area contributed by atoms with Gasteiger partial charge in [0.2, 0.25) is 5.91 Å². The van der Waals surface area contributed by atoms with E-state index in [4.69, 9.17) is 9.47 Å². The van der Waals surface area contributed by atoms with Crippen LogP contribution in [0.2, 0.25) is 0 Å². The Bertz CT molecular complexity index is 1030. The lowest BCUT2D eigenvalue weighted by Gasteiger charge is -2.17. The third-order valence-corrected chi connectivity index (χ3v) is 4.71. The largest absolute Gasteiger partial charge is 0.487 e. The van der Waals surface area contributed by atoms with Crippen LogP contribution in [0.15, 0.2) is 48.8 Å². The molecule has 0 spiro atoms. The highest BCUT2D eigenvalue weighted by atomic mass is 16.5. The number of aryl methyl sites for hydroxylation is 1. The molecular weight excluding hydrogens is 396 g/mol. The number of nitrogens with zero attached hydrogens (tertiary/aromatic N) is 3. The second-order valence-corrected chi connectivity index (χ2v) is 7.37. The number of fused-ring (bicyclic) bond motifs is 1. The molecule has 0 aliphatic heterocycles. The summed E-state index contributed by atoms with van der Waals surface area (Å²) in [6.45, 7) is 3.47. The van der Waals surface area contributed by atoms with Crippen LogP contribution < -0.4 is 10.1 Å². The number of nitrogens with one attached hydrogen (secondary N) is 1. The number of imidazole rings is 1. The predicted octanol–water partition coefficient (Wildman–Crippen LogP) is 2.45. The lowest BCUT2D eigenvalue weighted by Crippen LogP contribution is -2.38. The molecule has 0 unspecified atom stereocenters. The quantitative estimate of drug-likeness (QED) is 0.506. The molecule has 8 nitrogen and oxygen atoms in total. The van der Waals surface area contributed by atoms with E-state index in [1.165, 1.54) is 4.90 Å². The zero-order chi connectivity index (χ0) is 22.2. The molecule has 3 rings (SSSR count). The van der Waals surface area contributed by atoms with Crippen molar-refractivity contribution < 1.29 is 19.1 Å². The molecule has 1 aromatic carbocycles. The molecule has 0 fully saturated rings. The monoisotopic (exact) mass is 424 g/mol. The molecule has 0 saturated carbocycles. The van der Waals surface area contributed by atoms with Crippen molar-refractivity contribution in [1.82, 2.24) is 19.6 Å². The third-order valence-electron chi connectivity index (χ3n) is 4.71. The molecule has 3 aromatic rings. The number of aromatic nitrogens is 2. The van der Waals surface area contributed by atoms with Gasteiger partial charge in [-0.25, -0.2) is 4.98 Å². The Kier molecular flexibility index (Phi) is 7.61. The number of likely N-dealkylation sites (N-methyl/N-ethyl adjacent to an activating group) is 1. The zero-order valence-electron chi connectivity index (χ0n) is 18.1. The van der Waals surface area contributed by atoms with Crippen molar-refractivity contribution in [3.05, 3.63) is 65.6 Å². The minimum absolute atomic E-state index is 0.00255. The van der Waals surface area contributed by atoms with Crippen molar-refractivity contribution in [2.45, 2.75) is 20.0 Å². The molecule has 2 heterocycles. The van der Waals surface area contributed by atoms with Crippen LogP contribution in [0.25, 0.3) is 5.65 Å². The number of hydrogen-bond acceptors (Lipinski definition) is 5. The van der Waals surface area contributed by atoms with Crippen molar-refractivity contribution in [2.75, 3.05) is 33.9 Å². The van der Waals surface area contributed by atoms with Gasteiger partial charge in [-0.3, -0.25) is 9.59 Å². The molecule has 0 aliphatic carbocycles. The van der Waals surface area contributed by atoms with E-state index < -0.39 is 0 Å². The van der Waals surface area contributed by atoms with Gasteiger partial charge < -0.3 is 24.1 Å². The molecule has 0 atom stereocenters. The summed E-state index contributed by atoms with van der Waals surface area (Å²) in [5, 5.41) is 2.77. The van der Waals surface area contributed by atoms with E-state index in [1.54, 1.807) is 38.4 Å². The number of methoxy groups -OCH3 is 1. The zero-order valence-corrected chi connectivity index (χ0v) is 18.1. The normalized spacial score (nSPS) is 10.8. The Balaban J connectivity index is 1.50. The molecule has 0 aliphatic rings. The molecule has 1 N–H and O–H groups in total. The van der Waals surface area contributed by atoms with Crippen LogP contribution in [0.3, 0.4) is 0 Å². The molecule has 0 saturated heterocycles. The van der Waals surface area contributed by atoms with Crippen molar-refractivity contribution in [2.24, 2.45) is 0 Å². The first-order valence-corrected chi connectivity index (χ1v) is 10.1. The van der Waals surface area contributed by atoms with Crippen LogP contribution >= 0.6 is 0 Å². The topological polar surface area (TPSA) is 85.2 Å². The summed E-state index contributed by atoms with van der Waals surface area (Å²) < 4.78 is 12.7. The van der Waals surface area contributed by atoms with E-state index in [0.29, 0.717) is 31.1 Å². The van der Waals surface area contributed by atoms with Crippen LogP contribution in [0, 0.1) is 6.92 Å². The summed E-state index contributed by atoms with van der Waals surface area (Å²) in [5.41, 5.74) is 3.34. The molecule has 0 bridgehead atoms. The number of pyridine rings is 1. The van der Waals surface area contributed by atoms with Gasteiger partial charge in [0.25, 0.3) is 5.91 Å². The highest BCUT2D eigenvalue weighted by molar-refractivity contribution is 5.96. The Labute approximate surface area is 181 Å². The van der Waals surface area contributed by atoms with Gasteiger partial charge in [-0.05, 0) is 49.2 Å².